The molecule has 1 heterocycles. The summed E-state index contributed by atoms with van der Waals surface area (Å²) in [5.74, 6) is 0.748. The maximum Gasteiger partial charge on any atom is 0.228 e. The van der Waals surface area contributed by atoms with E-state index in [1.807, 2.05) is 20.8 Å². The van der Waals surface area contributed by atoms with Crippen molar-refractivity contribution in [2.75, 3.05) is 20.1 Å². The molecule has 1 rings (SSSR count). The third-order valence-corrected chi connectivity index (χ3v) is 2.65. The summed E-state index contributed by atoms with van der Waals surface area (Å²) >= 11 is 0. The van der Waals surface area contributed by atoms with Crippen molar-refractivity contribution in [2.45, 2.75) is 27.2 Å². The van der Waals surface area contributed by atoms with Crippen molar-refractivity contribution in [3.8, 4) is 0 Å². The molecule has 0 bridgehead atoms. The van der Waals surface area contributed by atoms with Crippen LogP contribution in [0.5, 0.6) is 0 Å². The highest BCUT2D eigenvalue weighted by Gasteiger charge is 2.21. The first kappa shape index (κ1) is 13.7. The van der Waals surface area contributed by atoms with Crippen molar-refractivity contribution in [1.29, 1.82) is 0 Å². The van der Waals surface area contributed by atoms with Crippen molar-refractivity contribution >= 4 is 5.91 Å². The molecule has 0 aliphatic heterocycles. The highest BCUT2D eigenvalue weighted by Crippen LogP contribution is 2.14. The average Bonchev–Trinajstić information content (AvgIpc) is 2.63. The van der Waals surface area contributed by atoms with Gasteiger partial charge in [-0.15, -0.1) is 0 Å². The Labute approximate surface area is 102 Å². The molecule has 0 fully saturated rings. The number of nitrogens with two attached hydrogens (primary N) is 1. The largest absolute Gasteiger partial charge is 0.361 e. The van der Waals surface area contributed by atoms with Gasteiger partial charge in [-0.1, -0.05) is 19.0 Å². The fourth-order valence-corrected chi connectivity index (χ4v) is 1.59. The molecule has 1 aromatic heterocycles. The number of rotatable bonds is 5. The molecule has 0 saturated carbocycles. The van der Waals surface area contributed by atoms with Crippen LogP contribution in [0.3, 0.4) is 0 Å². The van der Waals surface area contributed by atoms with E-state index in [4.69, 9.17) is 10.3 Å². The van der Waals surface area contributed by atoms with Crippen LogP contribution < -0.4 is 5.73 Å². The minimum Gasteiger partial charge on any atom is -0.361 e. The van der Waals surface area contributed by atoms with Crippen LogP contribution in [-0.4, -0.2) is 36.1 Å². The first-order valence-electron chi connectivity index (χ1n) is 5.70. The van der Waals surface area contributed by atoms with Gasteiger partial charge in [-0.05, 0) is 18.9 Å². The molecule has 0 unspecified atom stereocenters. The van der Waals surface area contributed by atoms with Crippen LogP contribution in [0.4, 0.5) is 0 Å². The number of likely N-dealkylation sites (N-methyl/N-ethyl adjacent to an activating group) is 1. The lowest BCUT2D eigenvalue weighted by Gasteiger charge is -2.28. The van der Waals surface area contributed by atoms with Crippen LogP contribution >= 0.6 is 0 Å². The van der Waals surface area contributed by atoms with Crippen molar-refractivity contribution in [2.24, 2.45) is 11.1 Å². The molecule has 0 radical (unpaired) electrons. The van der Waals surface area contributed by atoms with Gasteiger partial charge in [-0.3, -0.25) is 4.79 Å². The number of carbonyl (C=O) groups is 1. The number of hydrogen-bond acceptors (Lipinski definition) is 4. The van der Waals surface area contributed by atoms with E-state index in [1.54, 1.807) is 18.0 Å². The molecular formula is C12H21N3O2. The SMILES string of the molecule is Cc1cc(CC(=O)N(C)CC(C)(C)CN)no1. The quantitative estimate of drug-likeness (QED) is 0.831. The van der Waals surface area contributed by atoms with Crippen LogP contribution in [0.15, 0.2) is 10.6 Å². The van der Waals surface area contributed by atoms with Crippen LogP contribution in [0.2, 0.25) is 0 Å². The van der Waals surface area contributed by atoms with E-state index in [0.717, 1.165) is 5.76 Å². The Hall–Kier alpha value is -1.36. The van der Waals surface area contributed by atoms with Crippen molar-refractivity contribution < 1.29 is 9.32 Å². The van der Waals surface area contributed by atoms with E-state index in [2.05, 4.69) is 5.16 Å². The predicted octanol–water partition coefficient (Wildman–Crippen LogP) is 0.969. The van der Waals surface area contributed by atoms with Crippen LogP contribution in [0.1, 0.15) is 25.3 Å². The Kier molecular flexibility index (Phi) is 4.28. The smallest absolute Gasteiger partial charge is 0.228 e. The minimum absolute atomic E-state index is 0.0276. The maximum atomic E-state index is 11.9. The summed E-state index contributed by atoms with van der Waals surface area (Å²) in [6.45, 7) is 7.07. The van der Waals surface area contributed by atoms with Crippen molar-refractivity contribution in [3.05, 3.63) is 17.5 Å². The molecule has 0 saturated heterocycles. The molecule has 5 nitrogen and oxygen atoms in total. The van der Waals surface area contributed by atoms with Crippen molar-refractivity contribution in [3.63, 3.8) is 0 Å². The van der Waals surface area contributed by atoms with E-state index in [1.165, 1.54) is 0 Å². The Morgan fingerprint density at radius 2 is 2.24 bits per heavy atom. The first-order chi connectivity index (χ1) is 7.84. The van der Waals surface area contributed by atoms with Crippen LogP contribution in [-0.2, 0) is 11.2 Å². The summed E-state index contributed by atoms with van der Waals surface area (Å²) in [5.41, 5.74) is 6.25. The molecule has 0 aliphatic carbocycles. The van der Waals surface area contributed by atoms with Gasteiger partial charge in [0, 0.05) is 19.7 Å². The lowest BCUT2D eigenvalue weighted by atomic mass is 9.93. The zero-order chi connectivity index (χ0) is 13.1. The topological polar surface area (TPSA) is 72.4 Å². The van der Waals surface area contributed by atoms with E-state index < -0.39 is 0 Å². The average molecular weight is 239 g/mol. The Morgan fingerprint density at radius 1 is 1.59 bits per heavy atom. The molecule has 96 valence electrons. The number of carbonyl (C=O) groups excluding carboxylic acids is 1. The molecule has 0 atom stereocenters. The molecule has 1 aromatic rings. The molecular weight excluding hydrogens is 218 g/mol. The second-order valence-electron chi connectivity index (χ2n) is 5.22. The zero-order valence-corrected chi connectivity index (χ0v) is 11.0. The lowest BCUT2D eigenvalue weighted by molar-refractivity contribution is -0.130. The van der Waals surface area contributed by atoms with E-state index in [-0.39, 0.29) is 17.7 Å². The fraction of sp³-hybridized carbons (Fsp3) is 0.667. The van der Waals surface area contributed by atoms with Gasteiger partial charge in [0.1, 0.15) is 5.76 Å². The van der Waals surface area contributed by atoms with E-state index >= 15 is 0 Å². The zero-order valence-electron chi connectivity index (χ0n) is 11.0. The van der Waals surface area contributed by atoms with Gasteiger partial charge >= 0.3 is 0 Å². The summed E-state index contributed by atoms with van der Waals surface area (Å²) in [4.78, 5) is 13.6. The van der Waals surface area contributed by atoms with Gasteiger partial charge < -0.3 is 15.2 Å². The van der Waals surface area contributed by atoms with Crippen LogP contribution in [0.25, 0.3) is 0 Å². The lowest BCUT2D eigenvalue weighted by Crippen LogP contribution is -2.40. The molecule has 1 amide bonds. The number of aromatic nitrogens is 1. The third-order valence-electron chi connectivity index (χ3n) is 2.65. The fourth-order valence-electron chi connectivity index (χ4n) is 1.59. The van der Waals surface area contributed by atoms with Gasteiger partial charge in [-0.25, -0.2) is 0 Å². The molecule has 0 spiro atoms. The summed E-state index contributed by atoms with van der Waals surface area (Å²) in [6, 6.07) is 1.78. The Balaban J connectivity index is 2.53. The van der Waals surface area contributed by atoms with Crippen molar-refractivity contribution in [1.82, 2.24) is 10.1 Å². The second kappa shape index (κ2) is 5.31. The summed E-state index contributed by atoms with van der Waals surface area (Å²) in [6.07, 6.45) is 0.272. The van der Waals surface area contributed by atoms with Gasteiger partial charge in [0.2, 0.25) is 5.91 Å². The molecule has 5 heteroatoms. The monoisotopic (exact) mass is 239 g/mol. The molecule has 0 aromatic carbocycles. The normalized spacial score (nSPS) is 11.6. The standard InChI is InChI=1S/C12H21N3O2/c1-9-5-10(14-17-9)6-11(16)15(4)8-12(2,3)7-13/h5H,6-8,13H2,1-4H3. The summed E-state index contributed by atoms with van der Waals surface area (Å²) in [5, 5.41) is 3.81. The Morgan fingerprint density at radius 3 is 2.71 bits per heavy atom. The summed E-state index contributed by atoms with van der Waals surface area (Å²) in [7, 11) is 1.78. The van der Waals surface area contributed by atoms with Crippen LogP contribution in [0, 0.1) is 12.3 Å². The van der Waals surface area contributed by atoms with Gasteiger partial charge in [0.05, 0.1) is 12.1 Å². The number of nitrogens with zero attached hydrogens (tertiary/aromatic N) is 2. The molecule has 0 aliphatic rings. The van der Waals surface area contributed by atoms with E-state index in [9.17, 15) is 4.79 Å². The molecule has 17 heavy (non-hydrogen) atoms. The van der Waals surface area contributed by atoms with E-state index in [0.29, 0.717) is 18.8 Å². The highest BCUT2D eigenvalue weighted by molar-refractivity contribution is 5.78. The first-order valence-corrected chi connectivity index (χ1v) is 5.70. The maximum absolute atomic E-state index is 11.9. The molecule has 2 N–H and O–H groups in total. The second-order valence-corrected chi connectivity index (χ2v) is 5.22. The Bertz CT molecular complexity index is 385. The summed E-state index contributed by atoms with van der Waals surface area (Å²) < 4.78 is 4.93. The minimum atomic E-state index is -0.0653. The van der Waals surface area contributed by atoms with Gasteiger partial charge in [0.25, 0.3) is 0 Å². The number of hydrogen-bond donors (Lipinski definition) is 1. The van der Waals surface area contributed by atoms with Gasteiger partial charge in [-0.2, -0.15) is 0 Å². The van der Waals surface area contributed by atoms with Gasteiger partial charge in [0.15, 0.2) is 0 Å². The highest BCUT2D eigenvalue weighted by atomic mass is 16.5. The number of amides is 1. The number of aryl methyl sites for hydroxylation is 1. The predicted molar refractivity (Wildman–Crippen MR) is 65.4 cm³/mol. The third kappa shape index (κ3) is 4.19.